The highest BCUT2D eigenvalue weighted by Crippen LogP contribution is 2.40. The average molecular weight is 218 g/mol. The highest BCUT2D eigenvalue weighted by Gasteiger charge is 2.31. The van der Waals surface area contributed by atoms with Gasteiger partial charge in [0.05, 0.1) is 6.61 Å². The van der Waals surface area contributed by atoms with Crippen LogP contribution < -0.4 is 0 Å². The molecule has 1 aliphatic heterocycles. The van der Waals surface area contributed by atoms with E-state index in [1.807, 2.05) is 0 Å². The zero-order valence-corrected chi connectivity index (χ0v) is 11.0. The van der Waals surface area contributed by atoms with Gasteiger partial charge in [-0.05, 0) is 35.4 Å². The summed E-state index contributed by atoms with van der Waals surface area (Å²) in [7, 11) is 0. The molecule has 0 aliphatic carbocycles. The second-order valence-corrected chi connectivity index (χ2v) is 5.49. The van der Waals surface area contributed by atoms with E-state index < -0.39 is 0 Å². The maximum absolute atomic E-state index is 5.52. The normalized spacial score (nSPS) is 19.6. The van der Waals surface area contributed by atoms with Gasteiger partial charge < -0.3 is 4.74 Å². The molecule has 0 radical (unpaired) electrons. The Bertz CT molecular complexity index is 357. The summed E-state index contributed by atoms with van der Waals surface area (Å²) in [4.78, 5) is 0. The van der Waals surface area contributed by atoms with E-state index in [4.69, 9.17) is 4.74 Å². The van der Waals surface area contributed by atoms with E-state index in [-0.39, 0.29) is 0 Å². The average Bonchev–Trinajstić information content (AvgIpc) is 2.99. The smallest absolute Gasteiger partial charge is 0.107 e. The van der Waals surface area contributed by atoms with Gasteiger partial charge in [-0.25, -0.2) is 0 Å². The SMILES string of the molecule is Cc1cc(C(C)C)c(C2CO2)c(C(C)C)c1. The lowest BCUT2D eigenvalue weighted by atomic mass is 9.85. The molecule has 1 fully saturated rings. The predicted octanol–water partition coefficient (Wildman–Crippen LogP) is 4.31. The molecular formula is C15H22O. The van der Waals surface area contributed by atoms with Crippen LogP contribution in [0.3, 0.4) is 0 Å². The molecule has 2 rings (SSSR count). The van der Waals surface area contributed by atoms with Crippen molar-refractivity contribution in [1.29, 1.82) is 0 Å². The monoisotopic (exact) mass is 218 g/mol. The van der Waals surface area contributed by atoms with Gasteiger partial charge in [-0.1, -0.05) is 45.4 Å². The van der Waals surface area contributed by atoms with Crippen molar-refractivity contribution in [2.24, 2.45) is 0 Å². The fraction of sp³-hybridized carbons (Fsp3) is 0.600. The van der Waals surface area contributed by atoms with Crippen LogP contribution in [-0.4, -0.2) is 6.61 Å². The second kappa shape index (κ2) is 4.21. The van der Waals surface area contributed by atoms with Gasteiger partial charge >= 0.3 is 0 Å². The maximum Gasteiger partial charge on any atom is 0.107 e. The van der Waals surface area contributed by atoms with Crippen LogP contribution in [0.4, 0.5) is 0 Å². The van der Waals surface area contributed by atoms with E-state index in [0.29, 0.717) is 17.9 Å². The molecule has 16 heavy (non-hydrogen) atoms. The van der Waals surface area contributed by atoms with Crippen LogP contribution in [0.5, 0.6) is 0 Å². The first-order chi connectivity index (χ1) is 7.50. The third-order valence-corrected chi connectivity index (χ3v) is 3.29. The van der Waals surface area contributed by atoms with Gasteiger partial charge in [0.15, 0.2) is 0 Å². The van der Waals surface area contributed by atoms with Crippen LogP contribution in [0.25, 0.3) is 0 Å². The molecule has 0 bridgehead atoms. The zero-order chi connectivity index (χ0) is 11.9. The largest absolute Gasteiger partial charge is 0.368 e. The molecule has 88 valence electrons. The van der Waals surface area contributed by atoms with Crippen molar-refractivity contribution in [1.82, 2.24) is 0 Å². The van der Waals surface area contributed by atoms with Crippen LogP contribution in [0.1, 0.15) is 67.9 Å². The fourth-order valence-corrected chi connectivity index (χ4v) is 2.40. The summed E-state index contributed by atoms with van der Waals surface area (Å²) in [6.07, 6.45) is 0.371. The van der Waals surface area contributed by atoms with Gasteiger partial charge in [-0.2, -0.15) is 0 Å². The van der Waals surface area contributed by atoms with E-state index in [9.17, 15) is 0 Å². The van der Waals surface area contributed by atoms with Crippen LogP contribution in [0, 0.1) is 6.92 Å². The van der Waals surface area contributed by atoms with E-state index in [1.54, 1.807) is 0 Å². The molecule has 1 heteroatoms. The molecule has 1 aliphatic rings. The Kier molecular flexibility index (Phi) is 3.07. The van der Waals surface area contributed by atoms with E-state index in [1.165, 1.54) is 22.3 Å². The van der Waals surface area contributed by atoms with Gasteiger partial charge in [0.1, 0.15) is 6.10 Å². The van der Waals surface area contributed by atoms with E-state index >= 15 is 0 Å². The standard InChI is InChI=1S/C15H22O/c1-9(2)12-6-11(5)7-13(10(3)4)15(12)14-8-16-14/h6-7,9-10,14H,8H2,1-5H3. The summed E-state index contributed by atoms with van der Waals surface area (Å²) in [6.45, 7) is 12.2. The Morgan fingerprint density at radius 1 is 1.06 bits per heavy atom. The highest BCUT2D eigenvalue weighted by atomic mass is 16.6. The van der Waals surface area contributed by atoms with Crippen molar-refractivity contribution < 1.29 is 4.74 Å². The number of hydrogen-bond donors (Lipinski definition) is 0. The van der Waals surface area contributed by atoms with Gasteiger partial charge in [0, 0.05) is 0 Å². The molecule has 1 atom stereocenters. The zero-order valence-electron chi connectivity index (χ0n) is 11.0. The first-order valence-electron chi connectivity index (χ1n) is 6.26. The quantitative estimate of drug-likeness (QED) is 0.689. The maximum atomic E-state index is 5.52. The van der Waals surface area contributed by atoms with Gasteiger partial charge in [0.25, 0.3) is 0 Å². The number of epoxide rings is 1. The van der Waals surface area contributed by atoms with Gasteiger partial charge in [-0.15, -0.1) is 0 Å². The minimum atomic E-state index is 0.371. The van der Waals surface area contributed by atoms with Crippen molar-refractivity contribution in [2.45, 2.75) is 52.6 Å². The predicted molar refractivity (Wildman–Crippen MR) is 68.1 cm³/mol. The van der Waals surface area contributed by atoms with Crippen LogP contribution in [-0.2, 0) is 4.74 Å². The summed E-state index contributed by atoms with van der Waals surface area (Å²) in [5, 5.41) is 0. The minimum Gasteiger partial charge on any atom is -0.368 e. The van der Waals surface area contributed by atoms with E-state index in [2.05, 4.69) is 46.8 Å². The van der Waals surface area contributed by atoms with Gasteiger partial charge in [-0.3, -0.25) is 0 Å². The molecule has 1 aromatic carbocycles. The Labute approximate surface area is 98.8 Å². The van der Waals surface area contributed by atoms with Crippen LogP contribution >= 0.6 is 0 Å². The molecule has 1 heterocycles. The summed E-state index contributed by atoms with van der Waals surface area (Å²) < 4.78 is 5.52. The van der Waals surface area contributed by atoms with Crippen LogP contribution in [0.15, 0.2) is 12.1 Å². The van der Waals surface area contributed by atoms with Crippen molar-refractivity contribution in [2.75, 3.05) is 6.61 Å². The number of benzene rings is 1. The molecule has 0 saturated carbocycles. The first-order valence-corrected chi connectivity index (χ1v) is 6.26. The molecule has 1 unspecified atom stereocenters. The lowest BCUT2D eigenvalue weighted by molar-refractivity contribution is 0.412. The van der Waals surface area contributed by atoms with Gasteiger partial charge in [0.2, 0.25) is 0 Å². The van der Waals surface area contributed by atoms with Crippen LogP contribution in [0.2, 0.25) is 0 Å². The third-order valence-electron chi connectivity index (χ3n) is 3.29. The molecular weight excluding hydrogens is 196 g/mol. The topological polar surface area (TPSA) is 12.5 Å². The van der Waals surface area contributed by atoms with Crippen molar-refractivity contribution in [3.63, 3.8) is 0 Å². The summed E-state index contributed by atoms with van der Waals surface area (Å²) in [5.41, 5.74) is 5.80. The number of rotatable bonds is 3. The number of ether oxygens (including phenoxy) is 1. The Hall–Kier alpha value is -0.820. The molecule has 1 nitrogen and oxygen atoms in total. The Morgan fingerprint density at radius 2 is 1.50 bits per heavy atom. The summed E-state index contributed by atoms with van der Waals surface area (Å²) in [5.74, 6) is 1.16. The lowest BCUT2D eigenvalue weighted by Gasteiger charge is -2.19. The van der Waals surface area contributed by atoms with Crippen molar-refractivity contribution in [3.8, 4) is 0 Å². The number of aryl methyl sites for hydroxylation is 1. The third kappa shape index (κ3) is 2.15. The Balaban J connectivity index is 2.58. The fourth-order valence-electron chi connectivity index (χ4n) is 2.40. The summed E-state index contributed by atoms with van der Waals surface area (Å²) >= 11 is 0. The molecule has 0 aromatic heterocycles. The number of hydrogen-bond acceptors (Lipinski definition) is 1. The van der Waals surface area contributed by atoms with Crippen molar-refractivity contribution >= 4 is 0 Å². The molecule has 1 saturated heterocycles. The van der Waals surface area contributed by atoms with Crippen molar-refractivity contribution in [3.05, 3.63) is 34.4 Å². The molecule has 0 N–H and O–H groups in total. The summed E-state index contributed by atoms with van der Waals surface area (Å²) in [6, 6.07) is 4.65. The molecule has 0 amide bonds. The lowest BCUT2D eigenvalue weighted by Crippen LogP contribution is -2.04. The Morgan fingerprint density at radius 3 is 1.81 bits per heavy atom. The molecule has 1 aromatic rings. The highest BCUT2D eigenvalue weighted by molar-refractivity contribution is 5.44. The molecule has 0 spiro atoms. The second-order valence-electron chi connectivity index (χ2n) is 5.49. The van der Waals surface area contributed by atoms with E-state index in [0.717, 1.165) is 6.61 Å². The minimum absolute atomic E-state index is 0.371. The first kappa shape index (κ1) is 11.7.